The van der Waals surface area contributed by atoms with E-state index in [2.05, 4.69) is 10.3 Å². The van der Waals surface area contributed by atoms with E-state index in [0.29, 0.717) is 11.3 Å². The van der Waals surface area contributed by atoms with Crippen LogP contribution in [0.2, 0.25) is 0 Å². The summed E-state index contributed by atoms with van der Waals surface area (Å²) in [6.07, 6.45) is 3.01. The molecule has 0 saturated heterocycles. The van der Waals surface area contributed by atoms with Crippen LogP contribution < -0.4 is 11.1 Å². The van der Waals surface area contributed by atoms with E-state index in [1.54, 1.807) is 27.2 Å². The zero-order valence-corrected chi connectivity index (χ0v) is 23.0. The number of primary amides is 1. The number of likely N-dealkylation sites (N-methyl/N-ethyl adjacent to an activating group) is 1. The molecule has 0 aliphatic heterocycles. The normalized spacial score (nSPS) is 26.1. The highest BCUT2D eigenvalue weighted by Crippen LogP contribution is 2.52. The highest BCUT2D eigenvalue weighted by Gasteiger charge is 2.63. The first kappa shape index (κ1) is 29.0. The SMILES string of the molecule is Cc1cn(C(CO)C(=O)Nc2ccc3c(c2O)C(=O)C2=C(O)[C@]4(O)C(=O)C(C(N)=O)=C(O)[C@@H](N(C)C)C4CC2C3)cn1. The number of nitrogens with two attached hydrogens (primary N) is 1. The van der Waals surface area contributed by atoms with Crippen molar-refractivity contribution in [2.45, 2.75) is 37.5 Å². The van der Waals surface area contributed by atoms with E-state index in [-0.39, 0.29) is 29.7 Å². The number of imidazole rings is 1. The van der Waals surface area contributed by atoms with Gasteiger partial charge in [-0.25, -0.2) is 4.98 Å². The standard InChI is InChI=1S/C28H31N5O9/c1-11-8-33(10-30-11)16(9-34)27(41)31-15-5-4-12-6-13-7-14-20(32(2)3)23(37)19(26(29)40)25(39)28(14,42)24(38)18(13)22(36)17(12)21(15)35/h4-5,8,10,13-14,16,20,34-35,37-38,42H,6-7,9H2,1-3H3,(H2,29,40)(H,31,41)/t13?,14?,16?,20-,28-/m0/s1. The third-order valence-electron chi connectivity index (χ3n) is 8.42. The average molecular weight is 582 g/mol. The third kappa shape index (κ3) is 4.09. The predicted octanol–water partition coefficient (Wildman–Crippen LogP) is -0.202. The smallest absolute Gasteiger partial charge is 0.255 e. The van der Waals surface area contributed by atoms with E-state index < -0.39 is 82.3 Å². The maximum atomic E-state index is 13.8. The van der Waals surface area contributed by atoms with Crippen molar-refractivity contribution in [1.82, 2.24) is 14.5 Å². The van der Waals surface area contributed by atoms with Gasteiger partial charge in [-0.1, -0.05) is 6.07 Å². The average Bonchev–Trinajstić information content (AvgIpc) is 3.33. The van der Waals surface area contributed by atoms with Crippen LogP contribution in [0.3, 0.4) is 0 Å². The quantitative estimate of drug-likeness (QED) is 0.174. The Morgan fingerprint density at radius 2 is 1.93 bits per heavy atom. The molecule has 1 heterocycles. The first-order chi connectivity index (χ1) is 19.7. The molecule has 1 aromatic carbocycles. The summed E-state index contributed by atoms with van der Waals surface area (Å²) in [6, 6.07) is 0.773. The molecule has 2 amide bonds. The number of aryl methyl sites for hydroxylation is 1. The number of benzene rings is 1. The fourth-order valence-corrected chi connectivity index (χ4v) is 6.47. The summed E-state index contributed by atoms with van der Waals surface area (Å²) < 4.78 is 1.40. The number of rotatable bonds is 6. The molecule has 0 spiro atoms. The van der Waals surface area contributed by atoms with Crippen LogP contribution in [0.25, 0.3) is 0 Å². The molecule has 0 radical (unpaired) electrons. The summed E-state index contributed by atoms with van der Waals surface area (Å²) in [6.45, 7) is 1.13. The van der Waals surface area contributed by atoms with Gasteiger partial charge in [0.15, 0.2) is 17.1 Å². The van der Waals surface area contributed by atoms with Crippen molar-refractivity contribution in [3.05, 3.63) is 64.1 Å². The number of anilines is 1. The number of carbonyl (C=O) groups is 4. The summed E-state index contributed by atoms with van der Waals surface area (Å²) in [7, 11) is 3.10. The van der Waals surface area contributed by atoms with E-state index in [1.165, 1.54) is 27.9 Å². The lowest BCUT2D eigenvalue weighted by atomic mass is 9.58. The Kier molecular flexibility index (Phi) is 6.95. The minimum absolute atomic E-state index is 0.0342. The second-order valence-electron chi connectivity index (χ2n) is 11.1. The van der Waals surface area contributed by atoms with E-state index in [1.807, 2.05) is 0 Å². The number of hydrogen-bond acceptors (Lipinski definition) is 11. The number of aliphatic hydroxyl groups excluding tert-OH is 3. The molecule has 5 atom stereocenters. The highest BCUT2D eigenvalue weighted by atomic mass is 16.3. The minimum Gasteiger partial charge on any atom is -0.510 e. The topological polar surface area (TPSA) is 229 Å². The molecule has 0 fully saturated rings. The van der Waals surface area contributed by atoms with Crippen LogP contribution in [-0.2, 0) is 20.8 Å². The molecule has 222 valence electrons. The van der Waals surface area contributed by atoms with Crippen LogP contribution in [0.5, 0.6) is 5.75 Å². The number of hydrogen-bond donors (Lipinski definition) is 7. The van der Waals surface area contributed by atoms with Gasteiger partial charge < -0.3 is 41.2 Å². The van der Waals surface area contributed by atoms with Crippen molar-refractivity contribution in [2.24, 2.45) is 17.6 Å². The van der Waals surface area contributed by atoms with Gasteiger partial charge >= 0.3 is 0 Å². The van der Waals surface area contributed by atoms with Gasteiger partial charge in [0, 0.05) is 17.7 Å². The second kappa shape index (κ2) is 10.1. The van der Waals surface area contributed by atoms with Crippen molar-refractivity contribution in [3.63, 3.8) is 0 Å². The number of aromatic nitrogens is 2. The number of ketones is 2. The van der Waals surface area contributed by atoms with Crippen molar-refractivity contribution in [2.75, 3.05) is 26.0 Å². The Bertz CT molecular complexity index is 1610. The Morgan fingerprint density at radius 3 is 2.50 bits per heavy atom. The fraction of sp³-hybridized carbons (Fsp3) is 0.393. The molecule has 42 heavy (non-hydrogen) atoms. The van der Waals surface area contributed by atoms with Gasteiger partial charge in [0.2, 0.25) is 11.7 Å². The molecule has 1 aromatic heterocycles. The van der Waals surface area contributed by atoms with Gasteiger partial charge in [-0.2, -0.15) is 0 Å². The molecular weight excluding hydrogens is 550 g/mol. The first-order valence-electron chi connectivity index (χ1n) is 13.1. The summed E-state index contributed by atoms with van der Waals surface area (Å²) in [5.74, 6) is -8.27. The van der Waals surface area contributed by atoms with E-state index >= 15 is 0 Å². The van der Waals surface area contributed by atoms with Crippen molar-refractivity contribution in [1.29, 1.82) is 0 Å². The Labute approximate surface area is 239 Å². The maximum absolute atomic E-state index is 13.8. The number of amides is 2. The molecule has 0 bridgehead atoms. The number of nitrogens with one attached hydrogen (secondary N) is 1. The van der Waals surface area contributed by atoms with Crippen molar-refractivity contribution >= 4 is 29.1 Å². The number of fused-ring (bicyclic) bond motifs is 3. The predicted molar refractivity (Wildman–Crippen MR) is 145 cm³/mol. The number of phenols is 1. The summed E-state index contributed by atoms with van der Waals surface area (Å²) in [5, 5.41) is 57.3. The second-order valence-corrected chi connectivity index (χ2v) is 11.1. The maximum Gasteiger partial charge on any atom is 0.255 e. The fourth-order valence-electron chi connectivity index (χ4n) is 6.47. The summed E-state index contributed by atoms with van der Waals surface area (Å²) in [5.41, 5.74) is 2.03. The van der Waals surface area contributed by atoms with Crippen LogP contribution in [0, 0.1) is 18.8 Å². The monoisotopic (exact) mass is 581 g/mol. The zero-order chi connectivity index (χ0) is 30.8. The Morgan fingerprint density at radius 1 is 1.24 bits per heavy atom. The van der Waals surface area contributed by atoms with Crippen LogP contribution in [0.4, 0.5) is 5.69 Å². The molecule has 14 heteroatoms. The first-order valence-corrected chi connectivity index (χ1v) is 13.1. The molecule has 0 saturated carbocycles. The largest absolute Gasteiger partial charge is 0.510 e. The molecule has 14 nitrogen and oxygen atoms in total. The number of aromatic hydroxyl groups is 1. The summed E-state index contributed by atoms with van der Waals surface area (Å²) in [4.78, 5) is 57.8. The van der Waals surface area contributed by atoms with Crippen LogP contribution in [-0.4, -0.2) is 95.7 Å². The lowest BCUT2D eigenvalue weighted by Crippen LogP contribution is -2.63. The van der Waals surface area contributed by atoms with Gasteiger partial charge in [0.25, 0.3) is 5.91 Å². The lowest BCUT2D eigenvalue weighted by molar-refractivity contribution is -0.148. The minimum atomic E-state index is -2.75. The third-order valence-corrected chi connectivity index (χ3v) is 8.42. The van der Waals surface area contributed by atoms with Crippen LogP contribution >= 0.6 is 0 Å². The van der Waals surface area contributed by atoms with Crippen molar-refractivity contribution < 1.29 is 44.7 Å². The zero-order valence-electron chi connectivity index (χ0n) is 23.0. The number of aliphatic hydroxyl groups is 4. The van der Waals surface area contributed by atoms with E-state index in [0.717, 1.165) is 0 Å². The molecular formula is C28H31N5O9. The van der Waals surface area contributed by atoms with Crippen molar-refractivity contribution in [3.8, 4) is 5.75 Å². The Hall–Kier alpha value is -4.53. The number of phenolic OH excluding ortho intramolecular Hbond substituents is 1. The molecule has 3 aliphatic carbocycles. The van der Waals surface area contributed by atoms with Gasteiger partial charge in [0.1, 0.15) is 23.1 Å². The highest BCUT2D eigenvalue weighted by molar-refractivity contribution is 6.25. The van der Waals surface area contributed by atoms with Gasteiger partial charge in [-0.15, -0.1) is 0 Å². The van der Waals surface area contributed by atoms with Gasteiger partial charge in [-0.05, 0) is 51.4 Å². The van der Waals surface area contributed by atoms with Crippen LogP contribution in [0.1, 0.15) is 34.1 Å². The number of Topliss-reactive ketones (excluding diaryl/α,β-unsaturated/α-hetero) is 2. The number of nitrogens with zero attached hydrogens (tertiary/aromatic N) is 3. The molecule has 3 aliphatic rings. The molecule has 5 rings (SSSR count). The number of allylic oxidation sites excluding steroid dienone is 1. The van der Waals surface area contributed by atoms with E-state index in [4.69, 9.17) is 5.73 Å². The van der Waals surface area contributed by atoms with Crippen LogP contribution in [0.15, 0.2) is 47.3 Å². The van der Waals surface area contributed by atoms with Gasteiger partial charge in [-0.3, -0.25) is 24.1 Å². The molecule has 2 aromatic rings. The Balaban J connectivity index is 1.56. The molecule has 3 unspecified atom stereocenters. The van der Waals surface area contributed by atoms with Gasteiger partial charge in [0.05, 0.1) is 35.9 Å². The lowest BCUT2D eigenvalue weighted by Gasteiger charge is -2.50. The molecule has 8 N–H and O–H groups in total. The summed E-state index contributed by atoms with van der Waals surface area (Å²) >= 11 is 0. The van der Waals surface area contributed by atoms with E-state index in [9.17, 15) is 44.7 Å². The number of carbonyl (C=O) groups excluding carboxylic acids is 4.